The molecule has 3 aliphatic heterocycles. The number of carbonyl (C=O) groups is 5. The van der Waals surface area contributed by atoms with Gasteiger partial charge in [-0.2, -0.15) is 12.7 Å². The first-order valence-corrected chi connectivity index (χ1v) is 24.9. The van der Waals surface area contributed by atoms with Crippen molar-refractivity contribution in [2.45, 2.75) is 194 Å². The minimum Gasteiger partial charge on any atom is -0.343 e. The molecular formula is C45H76ClN7O7S. The van der Waals surface area contributed by atoms with Crippen LogP contribution in [0.15, 0.2) is 0 Å². The molecule has 14 nitrogen and oxygen atoms in total. The predicted octanol–water partition coefficient (Wildman–Crippen LogP) is 4.81. The molecule has 16 heteroatoms. The van der Waals surface area contributed by atoms with Gasteiger partial charge in [-0.05, 0) is 113 Å². The van der Waals surface area contributed by atoms with E-state index in [0.717, 1.165) is 90.0 Å². The first-order chi connectivity index (χ1) is 28.2. The minimum atomic E-state index is -4.07. The third-order valence-electron chi connectivity index (χ3n) is 17.0. The standard InChI is InChI=1S/C45H75N7O7S.ClH/c1-9-31-26-45(31,40(57)49-60(58,59)50-23-15-16-24-50)48-37(54)33-27-44(42(7,8)43(44)21-17-22-43)28-52(33)39(56)35(41(4,5)6)47-38(55)34(30-18-11-10-12-19-30)46-36(53)32-20-13-14-25-51(32)29(2)3;/h29-35H,9-28H2,1-8H3,(H,46,53)(H,47,55)(H,48,54)(H,49,57);1H/t31-,32+,33+,34+,35-,44-,45-;/m1./s1. The summed E-state index contributed by atoms with van der Waals surface area (Å²) in [6.07, 6.45) is 13.3. The van der Waals surface area contributed by atoms with E-state index >= 15 is 4.79 Å². The number of piperidine rings is 1. The molecule has 5 amide bonds. The Balaban J connectivity index is 0.00000622. The number of nitrogens with zero attached hydrogens (tertiary/aromatic N) is 3. The number of likely N-dealkylation sites (tertiary alicyclic amines) is 2. The normalized spacial score (nSPS) is 32.1. The molecular weight excluding hydrogens is 818 g/mol. The van der Waals surface area contributed by atoms with Gasteiger partial charge in [0.1, 0.15) is 23.7 Å². The Hall–Kier alpha value is -2.49. The third-order valence-corrected chi connectivity index (χ3v) is 18.5. The number of hydrogen-bond acceptors (Lipinski definition) is 8. The molecule has 3 saturated heterocycles. The van der Waals surface area contributed by atoms with E-state index in [1.807, 2.05) is 27.7 Å². The van der Waals surface area contributed by atoms with E-state index in [4.69, 9.17) is 0 Å². The van der Waals surface area contributed by atoms with Gasteiger partial charge >= 0.3 is 10.2 Å². The van der Waals surface area contributed by atoms with Crippen molar-refractivity contribution < 1.29 is 32.4 Å². The number of halogens is 1. The van der Waals surface area contributed by atoms with Crippen molar-refractivity contribution in [3.8, 4) is 0 Å². The van der Waals surface area contributed by atoms with Crippen LogP contribution in [0.3, 0.4) is 0 Å². The van der Waals surface area contributed by atoms with Crippen LogP contribution in [0.2, 0.25) is 0 Å². The number of rotatable bonds is 13. The molecule has 2 spiro atoms. The summed E-state index contributed by atoms with van der Waals surface area (Å²) in [4.78, 5) is 76.8. The van der Waals surface area contributed by atoms with Gasteiger partial charge in [-0.15, -0.1) is 12.4 Å². The second-order valence-corrected chi connectivity index (χ2v) is 23.3. The summed E-state index contributed by atoms with van der Waals surface area (Å²) in [6, 6.07) is -2.85. The topological polar surface area (TPSA) is 177 Å². The van der Waals surface area contributed by atoms with E-state index in [0.29, 0.717) is 38.9 Å². The second-order valence-electron chi connectivity index (χ2n) is 21.7. The van der Waals surface area contributed by atoms with Gasteiger partial charge < -0.3 is 20.9 Å². The Bertz CT molecular complexity index is 1800. The van der Waals surface area contributed by atoms with Crippen LogP contribution in [0.1, 0.15) is 158 Å². The summed E-state index contributed by atoms with van der Waals surface area (Å²) in [7, 11) is -4.07. The van der Waals surface area contributed by atoms with Crippen LogP contribution < -0.4 is 20.7 Å². The zero-order chi connectivity index (χ0) is 43.6. The van der Waals surface area contributed by atoms with Crippen molar-refractivity contribution in [1.82, 2.24) is 34.8 Å². The average molecular weight is 895 g/mol. The molecule has 4 aliphatic carbocycles. The highest BCUT2D eigenvalue weighted by atomic mass is 35.5. The first-order valence-electron chi connectivity index (χ1n) is 23.5. The summed E-state index contributed by atoms with van der Waals surface area (Å²) in [6.45, 7) is 18.2. The maximum atomic E-state index is 15.3. The molecule has 4 saturated carbocycles. The number of carbonyl (C=O) groups excluding carboxylic acids is 5. The highest BCUT2D eigenvalue weighted by Crippen LogP contribution is 2.88. The Morgan fingerprint density at radius 1 is 0.770 bits per heavy atom. The Morgan fingerprint density at radius 3 is 1.93 bits per heavy atom. The maximum Gasteiger partial charge on any atom is 0.303 e. The molecule has 3 heterocycles. The highest BCUT2D eigenvalue weighted by Gasteiger charge is 2.85. The van der Waals surface area contributed by atoms with Crippen LogP contribution in [0.4, 0.5) is 0 Å². The summed E-state index contributed by atoms with van der Waals surface area (Å²) >= 11 is 0. The molecule has 7 atom stereocenters. The van der Waals surface area contributed by atoms with Crippen LogP contribution in [-0.4, -0.2) is 114 Å². The first kappa shape index (κ1) is 48.0. The SMILES string of the molecule is CC[C@@H]1C[C@]1(NC(=O)[C@@H]1C[C@@]2(CN1C(=O)[C@@H](NC(=O)[C@@H](NC(=O)[C@@H]1CCCCN1C(C)C)C1CCCCC1)C(C)(C)C)C(C)(C)C21CCC1)C(=O)NS(=O)(=O)N1CCCC1.Cl. The summed E-state index contributed by atoms with van der Waals surface area (Å²) < 4.78 is 30.0. The van der Waals surface area contributed by atoms with Crippen molar-refractivity contribution >= 4 is 52.2 Å². The van der Waals surface area contributed by atoms with Crippen LogP contribution in [-0.2, 0) is 34.2 Å². The lowest BCUT2D eigenvalue weighted by atomic mass is 9.73. The highest BCUT2D eigenvalue weighted by molar-refractivity contribution is 7.87. The van der Waals surface area contributed by atoms with E-state index in [9.17, 15) is 27.6 Å². The van der Waals surface area contributed by atoms with Gasteiger partial charge in [0.05, 0.1) is 6.04 Å². The quantitative estimate of drug-likeness (QED) is 0.204. The van der Waals surface area contributed by atoms with Crippen molar-refractivity contribution in [2.75, 3.05) is 26.2 Å². The second kappa shape index (κ2) is 17.5. The molecule has 0 aromatic carbocycles. The van der Waals surface area contributed by atoms with E-state index in [-0.39, 0.29) is 70.3 Å². The van der Waals surface area contributed by atoms with Crippen molar-refractivity contribution in [3.05, 3.63) is 0 Å². The van der Waals surface area contributed by atoms with Gasteiger partial charge in [-0.1, -0.05) is 80.1 Å². The van der Waals surface area contributed by atoms with Gasteiger partial charge in [0, 0.05) is 31.1 Å². The molecule has 0 radical (unpaired) electrons. The molecule has 4 N–H and O–H groups in total. The molecule has 0 aromatic heterocycles. The molecule has 61 heavy (non-hydrogen) atoms. The summed E-state index contributed by atoms with van der Waals surface area (Å²) in [5, 5.41) is 9.43. The lowest BCUT2D eigenvalue weighted by molar-refractivity contribution is -0.145. The van der Waals surface area contributed by atoms with E-state index in [1.54, 1.807) is 4.90 Å². The van der Waals surface area contributed by atoms with Crippen LogP contribution in [0.25, 0.3) is 0 Å². The fraction of sp³-hybridized carbons (Fsp3) is 0.889. The van der Waals surface area contributed by atoms with Crippen LogP contribution in [0.5, 0.6) is 0 Å². The van der Waals surface area contributed by atoms with Gasteiger partial charge in [0.2, 0.25) is 23.6 Å². The van der Waals surface area contributed by atoms with Gasteiger partial charge in [0.15, 0.2) is 0 Å². The van der Waals surface area contributed by atoms with E-state index in [1.165, 1.54) is 4.31 Å². The predicted molar refractivity (Wildman–Crippen MR) is 236 cm³/mol. The average Bonchev–Trinajstić information content (AvgIpc) is 3.63. The van der Waals surface area contributed by atoms with Crippen LogP contribution >= 0.6 is 12.4 Å². The minimum absolute atomic E-state index is 0. The fourth-order valence-electron chi connectivity index (χ4n) is 12.9. The molecule has 346 valence electrons. The summed E-state index contributed by atoms with van der Waals surface area (Å²) in [5.41, 5.74) is -2.60. The molecule has 0 aromatic rings. The molecule has 7 rings (SSSR count). The Labute approximate surface area is 371 Å². The zero-order valence-electron chi connectivity index (χ0n) is 38.2. The molecule has 7 fully saturated rings. The van der Waals surface area contributed by atoms with Crippen molar-refractivity contribution in [3.63, 3.8) is 0 Å². The third kappa shape index (κ3) is 8.37. The molecule has 0 bridgehead atoms. The molecule has 7 aliphatic rings. The molecule has 0 unspecified atom stereocenters. The lowest BCUT2D eigenvalue weighted by Crippen LogP contribution is -2.63. The Kier molecular flexibility index (Phi) is 13.7. The number of fused-ring (bicyclic) bond motifs is 1. The zero-order valence-corrected chi connectivity index (χ0v) is 39.8. The van der Waals surface area contributed by atoms with Gasteiger partial charge in [-0.3, -0.25) is 28.9 Å². The van der Waals surface area contributed by atoms with Gasteiger partial charge in [0.25, 0.3) is 5.91 Å². The summed E-state index contributed by atoms with van der Waals surface area (Å²) in [5.74, 6) is -2.36. The maximum absolute atomic E-state index is 15.3. The van der Waals surface area contributed by atoms with E-state index < -0.39 is 51.1 Å². The van der Waals surface area contributed by atoms with E-state index in [2.05, 4.69) is 53.3 Å². The number of hydrogen-bond donors (Lipinski definition) is 4. The van der Waals surface area contributed by atoms with Crippen molar-refractivity contribution in [1.29, 1.82) is 0 Å². The van der Waals surface area contributed by atoms with Crippen LogP contribution in [0, 0.1) is 33.5 Å². The van der Waals surface area contributed by atoms with Gasteiger partial charge in [-0.25, -0.2) is 4.72 Å². The largest absolute Gasteiger partial charge is 0.343 e. The number of nitrogens with one attached hydrogen (secondary N) is 4. The van der Waals surface area contributed by atoms with Crippen molar-refractivity contribution in [2.24, 2.45) is 33.5 Å². The fourth-order valence-corrected chi connectivity index (χ4v) is 14.2. The lowest BCUT2D eigenvalue weighted by Gasteiger charge is -2.40. The monoisotopic (exact) mass is 894 g/mol. The smallest absolute Gasteiger partial charge is 0.303 e. The Morgan fingerprint density at radius 2 is 1.39 bits per heavy atom. The number of amides is 5.